The van der Waals surface area contributed by atoms with Crippen molar-refractivity contribution in [3.8, 4) is 22.9 Å². The Bertz CT molecular complexity index is 1640. The molecule has 0 atom stereocenters. The minimum atomic E-state index is -4.76. The second-order valence-electron chi connectivity index (χ2n) is 7.98. The van der Waals surface area contributed by atoms with Crippen LogP contribution in [0.3, 0.4) is 0 Å². The number of H-pyrrole nitrogens is 1. The lowest BCUT2D eigenvalue weighted by atomic mass is 9.99. The number of rotatable bonds is 7. The number of hydrogen-bond donors (Lipinski definition) is 1. The molecular weight excluding hydrogens is 546 g/mol. The van der Waals surface area contributed by atoms with Crippen LogP contribution >= 0.6 is 11.6 Å². The molecule has 200 valence electrons. The molecule has 1 N–H and O–H groups in total. The summed E-state index contributed by atoms with van der Waals surface area (Å²) < 4.78 is 64.4. The predicted octanol–water partition coefficient (Wildman–Crippen LogP) is 5.01. The van der Waals surface area contributed by atoms with Gasteiger partial charge in [-0.25, -0.2) is 14.3 Å². The van der Waals surface area contributed by atoms with E-state index >= 15 is 0 Å². The van der Waals surface area contributed by atoms with Gasteiger partial charge in [-0.2, -0.15) is 18.4 Å². The van der Waals surface area contributed by atoms with Crippen LogP contribution < -0.4 is 15.4 Å². The van der Waals surface area contributed by atoms with Crippen LogP contribution in [0.5, 0.6) is 5.75 Å². The molecule has 39 heavy (non-hydrogen) atoms. The molecule has 9 nitrogen and oxygen atoms in total. The maximum atomic E-state index is 14.9. The number of ether oxygens (including phenoxy) is 1. The Labute approximate surface area is 222 Å². The maximum Gasteiger partial charge on any atom is 0.434 e. The number of carbonyl (C=O) groups excluding carboxylic acids is 1. The zero-order valence-electron chi connectivity index (χ0n) is 19.8. The molecule has 0 fully saturated rings. The van der Waals surface area contributed by atoms with Gasteiger partial charge in [-0.05, 0) is 36.4 Å². The molecule has 0 spiro atoms. The van der Waals surface area contributed by atoms with Crippen molar-refractivity contribution in [1.82, 2.24) is 15.2 Å². The third-order valence-corrected chi connectivity index (χ3v) is 5.79. The second-order valence-corrected chi connectivity index (χ2v) is 8.38. The van der Waals surface area contributed by atoms with Crippen molar-refractivity contribution in [1.29, 1.82) is 5.26 Å². The lowest BCUT2D eigenvalue weighted by Crippen LogP contribution is -2.28. The summed E-state index contributed by atoms with van der Waals surface area (Å²) in [4.78, 5) is 28.8. The highest BCUT2D eigenvalue weighted by Gasteiger charge is 2.33. The minimum absolute atomic E-state index is 0.00631. The van der Waals surface area contributed by atoms with Crippen LogP contribution in [-0.2, 0) is 12.6 Å². The number of aromatic nitrogens is 3. The fourth-order valence-corrected chi connectivity index (χ4v) is 3.85. The zero-order chi connectivity index (χ0) is 28.3. The summed E-state index contributed by atoms with van der Waals surface area (Å²) in [6, 6.07) is 10.2. The Morgan fingerprint density at radius 1 is 1.23 bits per heavy atom. The fourth-order valence-electron chi connectivity index (χ4n) is 3.63. The highest BCUT2D eigenvalue weighted by molar-refractivity contribution is 6.33. The van der Waals surface area contributed by atoms with E-state index in [0.29, 0.717) is 6.07 Å². The molecule has 0 bridgehead atoms. The number of halogens is 5. The molecule has 4 aromatic rings. The molecule has 2 aromatic heterocycles. The summed E-state index contributed by atoms with van der Waals surface area (Å²) in [7, 11) is 1.30. The Kier molecular flexibility index (Phi) is 7.68. The van der Waals surface area contributed by atoms with Gasteiger partial charge in [-0.3, -0.25) is 9.78 Å². The van der Waals surface area contributed by atoms with Crippen molar-refractivity contribution in [3.05, 3.63) is 92.8 Å². The first-order valence-electron chi connectivity index (χ1n) is 11.0. The van der Waals surface area contributed by atoms with Gasteiger partial charge in [0.1, 0.15) is 17.1 Å². The summed E-state index contributed by atoms with van der Waals surface area (Å²) in [5, 5.41) is 15.2. The Hall–Kier alpha value is -4.70. The smallest absolute Gasteiger partial charge is 0.434 e. The van der Waals surface area contributed by atoms with E-state index in [-0.39, 0.29) is 57.6 Å². The van der Waals surface area contributed by atoms with Crippen molar-refractivity contribution in [2.45, 2.75) is 12.6 Å². The van der Waals surface area contributed by atoms with Gasteiger partial charge in [0, 0.05) is 35.0 Å². The van der Waals surface area contributed by atoms with Gasteiger partial charge in [0.25, 0.3) is 5.91 Å². The number of nitrogens with zero attached hydrogens (tertiary/aromatic N) is 4. The monoisotopic (exact) mass is 561 g/mol. The van der Waals surface area contributed by atoms with Gasteiger partial charge in [0.05, 0.1) is 24.7 Å². The number of para-hydroxylation sites is 1. The van der Waals surface area contributed by atoms with Gasteiger partial charge < -0.3 is 14.1 Å². The summed E-state index contributed by atoms with van der Waals surface area (Å²) in [5.41, 5.74) is -1.75. The van der Waals surface area contributed by atoms with Crippen LogP contribution in [0.15, 0.2) is 57.9 Å². The van der Waals surface area contributed by atoms with E-state index in [2.05, 4.69) is 15.2 Å². The first-order valence-corrected chi connectivity index (χ1v) is 11.4. The zero-order valence-corrected chi connectivity index (χ0v) is 20.6. The highest BCUT2D eigenvalue weighted by atomic mass is 35.5. The van der Waals surface area contributed by atoms with Gasteiger partial charge in [-0.15, -0.1) is 5.10 Å². The Balaban J connectivity index is 1.63. The lowest BCUT2D eigenvalue weighted by Gasteiger charge is -2.22. The number of anilines is 1. The van der Waals surface area contributed by atoms with E-state index in [9.17, 15) is 32.4 Å². The number of nitrogens with one attached hydrogen (secondary N) is 1. The van der Waals surface area contributed by atoms with Crippen molar-refractivity contribution in [2.75, 3.05) is 18.6 Å². The molecule has 4 rings (SSSR count). The van der Waals surface area contributed by atoms with Crippen molar-refractivity contribution in [2.24, 2.45) is 0 Å². The number of pyridine rings is 1. The van der Waals surface area contributed by atoms with Gasteiger partial charge >= 0.3 is 11.9 Å². The lowest BCUT2D eigenvalue weighted by molar-refractivity contribution is -0.141. The molecular formula is C25H16ClF4N5O4. The number of carbonyl (C=O) groups is 1. The second kappa shape index (κ2) is 11.0. The first kappa shape index (κ1) is 27.3. The first-order chi connectivity index (χ1) is 18.5. The minimum Gasteiger partial charge on any atom is -0.491 e. The third-order valence-electron chi connectivity index (χ3n) is 5.46. The molecule has 0 aliphatic rings. The fraction of sp³-hybridized carbons (Fsp3) is 0.160. The average Bonchev–Trinajstić information content (AvgIpc) is 3.32. The van der Waals surface area contributed by atoms with E-state index in [1.807, 2.05) is 0 Å². The molecule has 2 aromatic carbocycles. The third kappa shape index (κ3) is 5.91. The molecule has 0 saturated heterocycles. The summed E-state index contributed by atoms with van der Waals surface area (Å²) in [6.07, 6.45) is -3.83. The standard InChI is InChI=1S/C25H16ClF4N5O4/c1-35(22-18(27)3-2-4-19(22)38-8-7-21-33-34-24(37)39-21)23(36)13-5-6-17(26)15(9-13)16-12-32-20(25(28,29)30)10-14(16)11-31/h2-6,9-10,12H,7-8H2,1H3,(H,34,37). The molecule has 2 heterocycles. The van der Waals surface area contributed by atoms with Gasteiger partial charge in [0.2, 0.25) is 5.89 Å². The Morgan fingerprint density at radius 3 is 2.67 bits per heavy atom. The number of aromatic amines is 1. The largest absolute Gasteiger partial charge is 0.491 e. The highest BCUT2D eigenvalue weighted by Crippen LogP contribution is 2.36. The van der Waals surface area contributed by atoms with Crippen LogP contribution in [0.1, 0.15) is 27.5 Å². The van der Waals surface area contributed by atoms with Crippen LogP contribution in [0, 0.1) is 17.1 Å². The number of benzene rings is 2. The van der Waals surface area contributed by atoms with Gasteiger partial charge in [-0.1, -0.05) is 17.7 Å². The number of alkyl halides is 3. The number of amides is 1. The summed E-state index contributed by atoms with van der Waals surface area (Å²) >= 11 is 6.25. The number of nitriles is 1. The van der Waals surface area contributed by atoms with Crippen LogP contribution in [0.25, 0.3) is 11.1 Å². The molecule has 0 radical (unpaired) electrons. The van der Waals surface area contributed by atoms with Crippen LogP contribution in [0.2, 0.25) is 5.02 Å². The SMILES string of the molecule is CN(C(=O)c1ccc(Cl)c(-c2cnc(C(F)(F)F)cc2C#N)c1)c1c(F)cccc1OCCc1n[nH]c(=O)o1. The molecule has 0 saturated carbocycles. The molecule has 14 heteroatoms. The van der Waals surface area contributed by atoms with Crippen LogP contribution in [0.4, 0.5) is 23.2 Å². The van der Waals surface area contributed by atoms with Crippen molar-refractivity contribution in [3.63, 3.8) is 0 Å². The van der Waals surface area contributed by atoms with Crippen LogP contribution in [-0.4, -0.2) is 34.7 Å². The predicted molar refractivity (Wildman–Crippen MR) is 130 cm³/mol. The average molecular weight is 562 g/mol. The topological polar surface area (TPSA) is 125 Å². The number of hydrogen-bond acceptors (Lipinski definition) is 7. The molecule has 1 amide bonds. The van der Waals surface area contributed by atoms with E-state index in [0.717, 1.165) is 17.2 Å². The maximum absolute atomic E-state index is 14.9. The summed E-state index contributed by atoms with van der Waals surface area (Å²) in [6.45, 7) is -0.0603. The van der Waals surface area contributed by atoms with Gasteiger partial charge in [0.15, 0.2) is 5.82 Å². The quantitative estimate of drug-likeness (QED) is 0.315. The summed E-state index contributed by atoms with van der Waals surface area (Å²) in [5.74, 6) is -2.14. The Morgan fingerprint density at radius 2 is 2.00 bits per heavy atom. The van der Waals surface area contributed by atoms with E-state index < -0.39 is 29.4 Å². The van der Waals surface area contributed by atoms with E-state index in [1.165, 1.54) is 37.4 Å². The van der Waals surface area contributed by atoms with E-state index in [4.69, 9.17) is 20.8 Å². The normalized spacial score (nSPS) is 11.2. The molecule has 0 unspecified atom stereocenters. The molecule has 0 aliphatic heterocycles. The van der Waals surface area contributed by atoms with Crippen molar-refractivity contribution < 1.29 is 31.5 Å². The molecule has 0 aliphatic carbocycles. The van der Waals surface area contributed by atoms with Crippen molar-refractivity contribution >= 4 is 23.2 Å². The van der Waals surface area contributed by atoms with E-state index in [1.54, 1.807) is 6.07 Å².